The number of hydrogen-bond acceptors (Lipinski definition) is 5. The largest absolute Gasteiger partial charge is 0.486 e. The van der Waals surface area contributed by atoms with Crippen LogP contribution in [0.3, 0.4) is 0 Å². The Kier molecular flexibility index (Phi) is 4.85. The van der Waals surface area contributed by atoms with Crippen LogP contribution in [0.2, 0.25) is 5.02 Å². The van der Waals surface area contributed by atoms with Crippen molar-refractivity contribution < 1.29 is 28.6 Å². The summed E-state index contributed by atoms with van der Waals surface area (Å²) in [5, 5.41) is 12.2. The molecule has 2 heterocycles. The molecule has 1 aromatic heterocycles. The number of halogens is 1. The number of carbonyl (C=O) groups is 2. The second-order valence-corrected chi connectivity index (χ2v) is 5.80. The highest BCUT2D eigenvalue weighted by molar-refractivity contribution is 6.32. The SMILES string of the molecule is CCc1oc(C(=O)NCc2cc(Cl)c3c(c2)OCCO3)cc1C(=O)O. The normalized spacial score (nSPS) is 12.7. The average Bonchev–Trinajstić information content (AvgIpc) is 3.04. The summed E-state index contributed by atoms with van der Waals surface area (Å²) in [7, 11) is 0. The molecule has 1 aliphatic rings. The van der Waals surface area contributed by atoms with Crippen LogP contribution in [0.15, 0.2) is 22.6 Å². The van der Waals surface area contributed by atoms with Gasteiger partial charge in [-0.1, -0.05) is 18.5 Å². The van der Waals surface area contributed by atoms with Crippen molar-refractivity contribution in [1.82, 2.24) is 5.32 Å². The van der Waals surface area contributed by atoms with Gasteiger partial charge in [-0.05, 0) is 17.7 Å². The summed E-state index contributed by atoms with van der Waals surface area (Å²) in [6, 6.07) is 4.65. The van der Waals surface area contributed by atoms with Crippen molar-refractivity contribution in [2.24, 2.45) is 0 Å². The van der Waals surface area contributed by atoms with E-state index in [1.54, 1.807) is 19.1 Å². The number of furan rings is 1. The topological polar surface area (TPSA) is 98.0 Å². The third-order valence-corrected chi connectivity index (χ3v) is 3.97. The first-order valence-corrected chi connectivity index (χ1v) is 8.09. The van der Waals surface area contributed by atoms with E-state index in [0.29, 0.717) is 36.2 Å². The van der Waals surface area contributed by atoms with Crippen LogP contribution in [0.1, 0.15) is 39.2 Å². The zero-order valence-corrected chi connectivity index (χ0v) is 14.2. The molecule has 2 N–H and O–H groups in total. The predicted octanol–water partition coefficient (Wildman–Crippen LogP) is 2.89. The monoisotopic (exact) mass is 365 g/mol. The number of carbonyl (C=O) groups excluding carboxylic acids is 1. The minimum atomic E-state index is -1.13. The lowest BCUT2D eigenvalue weighted by Crippen LogP contribution is -2.22. The summed E-state index contributed by atoms with van der Waals surface area (Å²) >= 11 is 6.16. The molecule has 25 heavy (non-hydrogen) atoms. The molecule has 0 atom stereocenters. The molecule has 3 rings (SSSR count). The molecular weight excluding hydrogens is 350 g/mol. The number of ether oxygens (including phenoxy) is 2. The van der Waals surface area contributed by atoms with E-state index in [4.69, 9.17) is 30.6 Å². The van der Waals surface area contributed by atoms with Crippen molar-refractivity contribution in [2.45, 2.75) is 19.9 Å². The van der Waals surface area contributed by atoms with Gasteiger partial charge in [0, 0.05) is 19.0 Å². The number of amides is 1. The van der Waals surface area contributed by atoms with Crippen molar-refractivity contribution in [3.8, 4) is 11.5 Å². The van der Waals surface area contributed by atoms with Crippen LogP contribution < -0.4 is 14.8 Å². The second-order valence-electron chi connectivity index (χ2n) is 5.39. The standard InChI is InChI=1S/C17H16ClNO6/c1-2-12-10(17(21)22)7-14(25-12)16(20)19-8-9-5-11(18)15-13(6-9)23-3-4-24-15/h5-7H,2-4,8H2,1H3,(H,19,20)(H,21,22). The Morgan fingerprint density at radius 1 is 1.24 bits per heavy atom. The number of benzene rings is 1. The van der Waals surface area contributed by atoms with Crippen LogP contribution in [0.5, 0.6) is 11.5 Å². The van der Waals surface area contributed by atoms with Crippen molar-refractivity contribution in [1.29, 1.82) is 0 Å². The lowest BCUT2D eigenvalue weighted by molar-refractivity contribution is 0.0694. The summed E-state index contributed by atoms with van der Waals surface area (Å²) in [4.78, 5) is 23.3. The Bertz CT molecular complexity index is 829. The Morgan fingerprint density at radius 3 is 2.68 bits per heavy atom. The van der Waals surface area contributed by atoms with Gasteiger partial charge in [-0.2, -0.15) is 0 Å². The summed E-state index contributed by atoms with van der Waals surface area (Å²) < 4.78 is 16.3. The number of aryl methyl sites for hydroxylation is 1. The molecule has 132 valence electrons. The smallest absolute Gasteiger partial charge is 0.339 e. The number of nitrogens with one attached hydrogen (secondary N) is 1. The maximum atomic E-state index is 12.2. The highest BCUT2D eigenvalue weighted by atomic mass is 35.5. The van der Waals surface area contributed by atoms with Crippen LogP contribution >= 0.6 is 11.6 Å². The molecule has 0 unspecified atom stereocenters. The van der Waals surface area contributed by atoms with E-state index in [1.807, 2.05) is 0 Å². The summed E-state index contributed by atoms with van der Waals surface area (Å²) in [6.45, 7) is 2.81. The average molecular weight is 366 g/mol. The zero-order valence-electron chi connectivity index (χ0n) is 13.4. The van der Waals surface area contributed by atoms with Gasteiger partial charge in [-0.15, -0.1) is 0 Å². The summed E-state index contributed by atoms with van der Waals surface area (Å²) in [5.74, 6) is -0.389. The van der Waals surface area contributed by atoms with Crippen LogP contribution in [0.4, 0.5) is 0 Å². The van der Waals surface area contributed by atoms with E-state index < -0.39 is 11.9 Å². The van der Waals surface area contributed by atoms with Gasteiger partial charge < -0.3 is 24.3 Å². The Morgan fingerprint density at radius 2 is 2.00 bits per heavy atom. The van der Waals surface area contributed by atoms with E-state index >= 15 is 0 Å². The lowest BCUT2D eigenvalue weighted by atomic mass is 10.2. The molecule has 0 fully saturated rings. The summed E-state index contributed by atoms with van der Waals surface area (Å²) in [6.07, 6.45) is 0.382. The molecule has 0 saturated heterocycles. The van der Waals surface area contributed by atoms with Crippen molar-refractivity contribution in [3.63, 3.8) is 0 Å². The van der Waals surface area contributed by atoms with Crippen LogP contribution in [-0.2, 0) is 13.0 Å². The predicted molar refractivity (Wildman–Crippen MR) is 88.7 cm³/mol. The van der Waals surface area contributed by atoms with Gasteiger partial charge in [0.1, 0.15) is 24.5 Å². The van der Waals surface area contributed by atoms with E-state index in [0.717, 1.165) is 5.56 Å². The fraction of sp³-hybridized carbons (Fsp3) is 0.294. The first-order valence-electron chi connectivity index (χ1n) is 7.71. The van der Waals surface area contributed by atoms with Crippen LogP contribution in [0.25, 0.3) is 0 Å². The molecule has 7 nitrogen and oxygen atoms in total. The highest BCUT2D eigenvalue weighted by Crippen LogP contribution is 2.38. The third kappa shape index (κ3) is 3.56. The number of hydrogen-bond donors (Lipinski definition) is 2. The van der Waals surface area contributed by atoms with E-state index in [1.165, 1.54) is 6.07 Å². The summed E-state index contributed by atoms with van der Waals surface area (Å²) in [5.41, 5.74) is 0.721. The minimum Gasteiger partial charge on any atom is -0.486 e. The van der Waals surface area contributed by atoms with Gasteiger partial charge in [-0.25, -0.2) is 4.79 Å². The first kappa shape index (κ1) is 17.2. The molecule has 8 heteroatoms. The molecule has 1 amide bonds. The van der Waals surface area contributed by atoms with Gasteiger partial charge in [0.2, 0.25) is 0 Å². The number of carboxylic acid groups (broad SMARTS) is 1. The number of rotatable bonds is 5. The lowest BCUT2D eigenvalue weighted by Gasteiger charge is -2.20. The molecular formula is C17H16ClNO6. The van der Waals surface area contributed by atoms with Gasteiger partial charge in [0.05, 0.1) is 5.02 Å². The molecule has 1 aliphatic heterocycles. The molecule has 0 bridgehead atoms. The zero-order chi connectivity index (χ0) is 18.0. The quantitative estimate of drug-likeness (QED) is 0.845. The Hall–Kier alpha value is -2.67. The molecule has 2 aromatic rings. The fourth-order valence-corrected chi connectivity index (χ4v) is 2.81. The van der Waals surface area contributed by atoms with Gasteiger partial charge in [0.15, 0.2) is 17.3 Å². The van der Waals surface area contributed by atoms with E-state index in [9.17, 15) is 9.59 Å². The molecule has 0 saturated carbocycles. The third-order valence-electron chi connectivity index (χ3n) is 3.69. The Labute approximate surface area is 148 Å². The maximum Gasteiger partial charge on any atom is 0.339 e. The van der Waals surface area contributed by atoms with Crippen LogP contribution in [-0.4, -0.2) is 30.2 Å². The fourth-order valence-electron chi connectivity index (χ4n) is 2.52. The van der Waals surface area contributed by atoms with E-state index in [2.05, 4.69) is 5.32 Å². The number of carboxylic acids is 1. The maximum absolute atomic E-state index is 12.2. The first-order chi connectivity index (χ1) is 12.0. The highest BCUT2D eigenvalue weighted by Gasteiger charge is 2.21. The van der Waals surface area contributed by atoms with Gasteiger partial charge >= 0.3 is 5.97 Å². The van der Waals surface area contributed by atoms with Crippen LogP contribution in [0, 0.1) is 0 Å². The molecule has 0 spiro atoms. The van der Waals surface area contributed by atoms with E-state index in [-0.39, 0.29) is 23.6 Å². The van der Waals surface area contributed by atoms with Gasteiger partial charge in [0.25, 0.3) is 5.91 Å². The van der Waals surface area contributed by atoms with Crippen molar-refractivity contribution >= 4 is 23.5 Å². The molecule has 1 aromatic carbocycles. The number of aromatic carboxylic acids is 1. The van der Waals surface area contributed by atoms with Gasteiger partial charge in [-0.3, -0.25) is 4.79 Å². The molecule has 0 aliphatic carbocycles. The Balaban J connectivity index is 1.72. The van der Waals surface area contributed by atoms with Crippen molar-refractivity contribution in [3.05, 3.63) is 45.9 Å². The van der Waals surface area contributed by atoms with Crippen molar-refractivity contribution in [2.75, 3.05) is 13.2 Å². The number of fused-ring (bicyclic) bond motifs is 1. The minimum absolute atomic E-state index is 0.00461. The molecule has 0 radical (unpaired) electrons. The second kappa shape index (κ2) is 7.06.